The first-order valence-corrected chi connectivity index (χ1v) is 6.97. The molecule has 0 atom stereocenters. The van der Waals surface area contributed by atoms with Crippen molar-refractivity contribution in [3.63, 3.8) is 0 Å². The third kappa shape index (κ3) is 3.39. The van der Waals surface area contributed by atoms with E-state index >= 15 is 0 Å². The topological polar surface area (TPSA) is 106 Å². The van der Waals surface area contributed by atoms with Gasteiger partial charge in [-0.3, -0.25) is 0 Å². The number of aromatic nitrogens is 4. The van der Waals surface area contributed by atoms with Gasteiger partial charge in [0.1, 0.15) is 5.76 Å². The Labute approximate surface area is 123 Å². The quantitative estimate of drug-likeness (QED) is 0.825. The van der Waals surface area contributed by atoms with Gasteiger partial charge in [0, 0.05) is 25.2 Å². The maximum atomic E-state index is 5.76. The highest BCUT2D eigenvalue weighted by atomic mass is 16.5. The zero-order chi connectivity index (χ0) is 15.4. The highest BCUT2D eigenvalue weighted by molar-refractivity contribution is 5.42. The molecule has 0 saturated heterocycles. The minimum absolute atomic E-state index is 0.202. The summed E-state index contributed by atoms with van der Waals surface area (Å²) in [6.45, 7) is 10.0. The molecule has 114 valence electrons. The van der Waals surface area contributed by atoms with Crippen molar-refractivity contribution < 1.29 is 4.52 Å². The summed E-state index contributed by atoms with van der Waals surface area (Å²) in [5.74, 6) is 2.01. The molecule has 0 aliphatic heterocycles. The molecular formula is C13H21N7O. The van der Waals surface area contributed by atoms with E-state index in [1.807, 2.05) is 32.6 Å². The van der Waals surface area contributed by atoms with Crippen molar-refractivity contribution >= 4 is 17.8 Å². The van der Waals surface area contributed by atoms with Crippen LogP contribution in [0.25, 0.3) is 0 Å². The second-order valence-corrected chi connectivity index (χ2v) is 4.65. The number of nitrogens with one attached hydrogen (secondary N) is 1. The first-order chi connectivity index (χ1) is 10.0. The maximum Gasteiger partial charge on any atom is 0.231 e. The third-order valence-electron chi connectivity index (χ3n) is 3.29. The number of nitrogens with zero attached hydrogens (tertiary/aromatic N) is 5. The molecule has 0 radical (unpaired) electrons. The lowest BCUT2D eigenvalue weighted by Crippen LogP contribution is -2.25. The highest BCUT2D eigenvalue weighted by Crippen LogP contribution is 2.15. The molecule has 0 aliphatic carbocycles. The average Bonchev–Trinajstić information content (AvgIpc) is 2.77. The summed E-state index contributed by atoms with van der Waals surface area (Å²) in [4.78, 5) is 14.7. The molecule has 2 aromatic heterocycles. The lowest BCUT2D eigenvalue weighted by Gasteiger charge is -2.19. The predicted octanol–water partition coefficient (Wildman–Crippen LogP) is 1.52. The molecule has 0 aliphatic rings. The van der Waals surface area contributed by atoms with E-state index in [2.05, 4.69) is 25.4 Å². The van der Waals surface area contributed by atoms with Gasteiger partial charge >= 0.3 is 0 Å². The van der Waals surface area contributed by atoms with Gasteiger partial charge in [-0.2, -0.15) is 15.0 Å². The van der Waals surface area contributed by atoms with Crippen LogP contribution in [0, 0.1) is 13.8 Å². The Kier molecular flexibility index (Phi) is 4.56. The van der Waals surface area contributed by atoms with E-state index in [0.717, 1.165) is 30.1 Å². The van der Waals surface area contributed by atoms with E-state index in [0.29, 0.717) is 18.4 Å². The van der Waals surface area contributed by atoms with Gasteiger partial charge in [-0.15, -0.1) is 0 Å². The Balaban J connectivity index is 2.17. The third-order valence-corrected chi connectivity index (χ3v) is 3.29. The first-order valence-electron chi connectivity index (χ1n) is 6.97. The fraction of sp³-hybridized carbons (Fsp3) is 0.538. The zero-order valence-corrected chi connectivity index (χ0v) is 12.8. The van der Waals surface area contributed by atoms with Gasteiger partial charge in [0.05, 0.1) is 5.69 Å². The van der Waals surface area contributed by atoms with Gasteiger partial charge in [0.25, 0.3) is 0 Å². The molecule has 0 aromatic carbocycles. The molecule has 2 rings (SSSR count). The van der Waals surface area contributed by atoms with Gasteiger partial charge in [-0.1, -0.05) is 5.16 Å². The zero-order valence-electron chi connectivity index (χ0n) is 12.8. The number of anilines is 3. The Morgan fingerprint density at radius 2 is 1.86 bits per heavy atom. The highest BCUT2D eigenvalue weighted by Gasteiger charge is 2.12. The van der Waals surface area contributed by atoms with Crippen LogP contribution in [-0.2, 0) is 6.54 Å². The molecule has 0 amide bonds. The standard InChI is InChI=1S/C13H21N7O/c1-5-20(6-2)13-17-11(14)16-12(18-13)15-7-10-8(3)19-21-9(10)4/h5-7H2,1-4H3,(H3,14,15,16,17,18). The van der Waals surface area contributed by atoms with Gasteiger partial charge < -0.3 is 20.5 Å². The molecule has 8 heteroatoms. The number of hydrogen-bond donors (Lipinski definition) is 2. The van der Waals surface area contributed by atoms with E-state index in [1.165, 1.54) is 0 Å². The molecule has 0 bridgehead atoms. The van der Waals surface area contributed by atoms with Crippen molar-refractivity contribution in [3.05, 3.63) is 17.0 Å². The van der Waals surface area contributed by atoms with Gasteiger partial charge in [-0.25, -0.2) is 0 Å². The second-order valence-electron chi connectivity index (χ2n) is 4.65. The summed E-state index contributed by atoms with van der Waals surface area (Å²) in [5, 5.41) is 7.06. The Morgan fingerprint density at radius 3 is 2.43 bits per heavy atom. The second kappa shape index (κ2) is 6.38. The van der Waals surface area contributed by atoms with Crippen molar-refractivity contribution in [1.29, 1.82) is 0 Å². The Bertz CT molecular complexity index is 587. The molecule has 21 heavy (non-hydrogen) atoms. The number of rotatable bonds is 6. The lowest BCUT2D eigenvalue weighted by molar-refractivity contribution is 0.392. The molecule has 2 aromatic rings. The molecule has 0 spiro atoms. The van der Waals surface area contributed by atoms with E-state index < -0.39 is 0 Å². The average molecular weight is 291 g/mol. The summed E-state index contributed by atoms with van der Waals surface area (Å²) in [6.07, 6.45) is 0. The van der Waals surface area contributed by atoms with E-state index in [1.54, 1.807) is 0 Å². The van der Waals surface area contributed by atoms with E-state index in [9.17, 15) is 0 Å². The van der Waals surface area contributed by atoms with Gasteiger partial charge in [0.2, 0.25) is 17.8 Å². The van der Waals surface area contributed by atoms with Crippen LogP contribution in [0.15, 0.2) is 4.52 Å². The SMILES string of the molecule is CCN(CC)c1nc(N)nc(NCc2c(C)noc2C)n1. The van der Waals surface area contributed by atoms with Crippen molar-refractivity contribution in [2.24, 2.45) is 0 Å². The van der Waals surface area contributed by atoms with Gasteiger partial charge in [-0.05, 0) is 27.7 Å². The fourth-order valence-electron chi connectivity index (χ4n) is 2.03. The van der Waals surface area contributed by atoms with Crippen LogP contribution in [0.2, 0.25) is 0 Å². The van der Waals surface area contributed by atoms with Crippen molar-refractivity contribution in [1.82, 2.24) is 20.1 Å². The van der Waals surface area contributed by atoms with Crippen LogP contribution in [0.1, 0.15) is 30.9 Å². The van der Waals surface area contributed by atoms with Crippen LogP contribution >= 0.6 is 0 Å². The molecule has 8 nitrogen and oxygen atoms in total. The fourth-order valence-corrected chi connectivity index (χ4v) is 2.03. The number of nitrogens with two attached hydrogens (primary N) is 1. The largest absolute Gasteiger partial charge is 0.368 e. The molecule has 0 saturated carbocycles. The van der Waals surface area contributed by atoms with Gasteiger partial charge in [0.15, 0.2) is 0 Å². The van der Waals surface area contributed by atoms with Crippen LogP contribution in [0.3, 0.4) is 0 Å². The van der Waals surface area contributed by atoms with Crippen LogP contribution in [-0.4, -0.2) is 33.2 Å². The van der Waals surface area contributed by atoms with Crippen molar-refractivity contribution in [3.8, 4) is 0 Å². The Hall–Kier alpha value is -2.38. The molecular weight excluding hydrogens is 270 g/mol. The van der Waals surface area contributed by atoms with Crippen LogP contribution < -0.4 is 16.0 Å². The monoisotopic (exact) mass is 291 g/mol. The van der Waals surface area contributed by atoms with Crippen LogP contribution in [0.4, 0.5) is 17.8 Å². The van der Waals surface area contributed by atoms with E-state index in [-0.39, 0.29) is 5.95 Å². The molecule has 3 N–H and O–H groups in total. The van der Waals surface area contributed by atoms with E-state index in [4.69, 9.17) is 10.3 Å². The summed E-state index contributed by atoms with van der Waals surface area (Å²) in [7, 11) is 0. The Morgan fingerprint density at radius 1 is 1.14 bits per heavy atom. The number of hydrogen-bond acceptors (Lipinski definition) is 8. The summed E-state index contributed by atoms with van der Waals surface area (Å²) >= 11 is 0. The lowest BCUT2D eigenvalue weighted by atomic mass is 10.2. The van der Waals surface area contributed by atoms with Crippen LogP contribution in [0.5, 0.6) is 0 Å². The molecule has 0 unspecified atom stereocenters. The minimum atomic E-state index is 0.202. The van der Waals surface area contributed by atoms with Crippen molar-refractivity contribution in [2.75, 3.05) is 29.0 Å². The molecule has 0 fully saturated rings. The summed E-state index contributed by atoms with van der Waals surface area (Å²) < 4.78 is 5.13. The minimum Gasteiger partial charge on any atom is -0.368 e. The predicted molar refractivity (Wildman–Crippen MR) is 81.1 cm³/mol. The smallest absolute Gasteiger partial charge is 0.231 e. The maximum absolute atomic E-state index is 5.76. The first kappa shape index (κ1) is 15.0. The summed E-state index contributed by atoms with van der Waals surface area (Å²) in [5.41, 5.74) is 7.61. The number of aryl methyl sites for hydroxylation is 2. The van der Waals surface area contributed by atoms with Crippen molar-refractivity contribution in [2.45, 2.75) is 34.2 Å². The summed E-state index contributed by atoms with van der Waals surface area (Å²) in [6, 6.07) is 0. The normalized spacial score (nSPS) is 10.7. The number of nitrogen functional groups attached to an aromatic ring is 1. The molecule has 2 heterocycles.